The summed E-state index contributed by atoms with van der Waals surface area (Å²) >= 11 is 12.4. The van der Waals surface area contributed by atoms with Crippen LogP contribution in [0, 0.1) is 13.8 Å². The summed E-state index contributed by atoms with van der Waals surface area (Å²) < 4.78 is 12.1. The zero-order valence-corrected chi connectivity index (χ0v) is 17.5. The van der Waals surface area contributed by atoms with Crippen LogP contribution in [0.2, 0.25) is 10.0 Å². The number of hydrogen-bond acceptors (Lipinski definition) is 3. The lowest BCUT2D eigenvalue weighted by molar-refractivity contribution is 0.297. The van der Waals surface area contributed by atoms with Crippen molar-refractivity contribution in [1.29, 1.82) is 0 Å². The smallest absolute Gasteiger partial charge is 0.235 e. The summed E-state index contributed by atoms with van der Waals surface area (Å²) in [5.41, 5.74) is 3.90. The van der Waals surface area contributed by atoms with E-state index in [1.807, 2.05) is 62.4 Å². The van der Waals surface area contributed by atoms with Crippen LogP contribution in [0.25, 0.3) is 22.3 Å². The summed E-state index contributed by atoms with van der Waals surface area (Å²) in [5.74, 6) is 0.489. The lowest BCUT2D eigenvalue weighted by Crippen LogP contribution is -2.11. The van der Waals surface area contributed by atoms with Gasteiger partial charge in [-0.05, 0) is 37.1 Å². The molecule has 0 spiro atoms. The highest BCUT2D eigenvalue weighted by atomic mass is 35.5. The predicted molar refractivity (Wildman–Crippen MR) is 118 cm³/mol. The highest BCUT2D eigenvalue weighted by Crippen LogP contribution is 2.35. The third-order valence-corrected chi connectivity index (χ3v) is 5.32. The van der Waals surface area contributed by atoms with Crippen molar-refractivity contribution in [1.82, 2.24) is 0 Å². The van der Waals surface area contributed by atoms with E-state index in [1.165, 1.54) is 0 Å². The molecule has 1 heterocycles. The van der Waals surface area contributed by atoms with Crippen molar-refractivity contribution in [2.45, 2.75) is 20.5 Å². The molecular weight excluding hydrogens is 407 g/mol. The van der Waals surface area contributed by atoms with Crippen LogP contribution in [-0.2, 0) is 6.61 Å². The van der Waals surface area contributed by atoms with Gasteiger partial charge in [-0.1, -0.05) is 77.3 Å². The third-order valence-electron chi connectivity index (χ3n) is 4.82. The van der Waals surface area contributed by atoms with Crippen molar-refractivity contribution in [3.63, 3.8) is 0 Å². The van der Waals surface area contributed by atoms with Crippen LogP contribution >= 0.6 is 23.2 Å². The third kappa shape index (κ3) is 3.89. The summed E-state index contributed by atoms with van der Waals surface area (Å²) in [6.07, 6.45) is 0. The van der Waals surface area contributed by atoms with Gasteiger partial charge in [0.25, 0.3) is 0 Å². The molecule has 0 radical (unpaired) electrons. The lowest BCUT2D eigenvalue weighted by Gasteiger charge is -2.13. The molecule has 0 unspecified atom stereocenters. The summed E-state index contributed by atoms with van der Waals surface area (Å²) in [7, 11) is 0. The van der Waals surface area contributed by atoms with Gasteiger partial charge in [-0.2, -0.15) is 0 Å². The zero-order chi connectivity index (χ0) is 20.5. The van der Waals surface area contributed by atoms with E-state index in [1.54, 1.807) is 12.1 Å². The molecule has 0 fully saturated rings. The summed E-state index contributed by atoms with van der Waals surface area (Å²) in [6.45, 7) is 4.24. The van der Waals surface area contributed by atoms with Crippen molar-refractivity contribution in [2.24, 2.45) is 0 Å². The minimum Gasteiger partial charge on any atom is -0.481 e. The first-order valence-electron chi connectivity index (χ1n) is 9.14. The maximum absolute atomic E-state index is 13.3. The van der Waals surface area contributed by atoms with Crippen LogP contribution in [0.15, 0.2) is 69.9 Å². The second-order valence-electron chi connectivity index (χ2n) is 6.93. The minimum absolute atomic E-state index is 0.142. The number of hydrogen-bond donors (Lipinski definition) is 0. The van der Waals surface area contributed by atoms with Crippen molar-refractivity contribution >= 4 is 34.2 Å². The van der Waals surface area contributed by atoms with Gasteiger partial charge in [-0.15, -0.1) is 0 Å². The van der Waals surface area contributed by atoms with E-state index in [4.69, 9.17) is 32.4 Å². The molecule has 4 rings (SSSR count). The van der Waals surface area contributed by atoms with Gasteiger partial charge in [0.2, 0.25) is 11.2 Å². The average molecular weight is 425 g/mol. The van der Waals surface area contributed by atoms with Gasteiger partial charge in [0.15, 0.2) is 11.3 Å². The molecule has 0 bridgehead atoms. The molecule has 0 saturated heterocycles. The Bertz CT molecular complexity index is 1260. The largest absolute Gasteiger partial charge is 0.481 e. The Morgan fingerprint density at radius 3 is 2.41 bits per heavy atom. The van der Waals surface area contributed by atoms with Crippen LogP contribution in [0.4, 0.5) is 0 Å². The maximum Gasteiger partial charge on any atom is 0.235 e. The first-order chi connectivity index (χ1) is 13.9. The molecule has 1 aromatic heterocycles. The molecule has 3 aromatic carbocycles. The van der Waals surface area contributed by atoms with Crippen molar-refractivity contribution in [3.8, 4) is 17.1 Å². The molecule has 0 aliphatic heterocycles. The van der Waals surface area contributed by atoms with Crippen LogP contribution in [0.1, 0.15) is 16.7 Å². The molecule has 0 atom stereocenters. The Morgan fingerprint density at radius 2 is 1.69 bits per heavy atom. The summed E-state index contributed by atoms with van der Waals surface area (Å²) in [6, 6.07) is 18.7. The number of rotatable bonds is 4. The molecular formula is C24H18Cl2O3. The van der Waals surface area contributed by atoms with Gasteiger partial charge in [-0.25, -0.2) is 0 Å². The van der Waals surface area contributed by atoms with Crippen LogP contribution < -0.4 is 10.2 Å². The van der Waals surface area contributed by atoms with E-state index in [9.17, 15) is 4.79 Å². The molecule has 0 aliphatic carbocycles. The molecule has 3 nitrogen and oxygen atoms in total. The topological polar surface area (TPSA) is 39.4 Å². The molecule has 0 N–H and O–H groups in total. The van der Waals surface area contributed by atoms with E-state index in [2.05, 4.69) is 0 Å². The second-order valence-corrected chi connectivity index (χ2v) is 7.78. The van der Waals surface area contributed by atoms with E-state index >= 15 is 0 Å². The van der Waals surface area contributed by atoms with Gasteiger partial charge in [-0.3, -0.25) is 4.79 Å². The van der Waals surface area contributed by atoms with Crippen molar-refractivity contribution in [3.05, 3.63) is 97.6 Å². The van der Waals surface area contributed by atoms with E-state index < -0.39 is 0 Å². The van der Waals surface area contributed by atoms with Crippen LogP contribution in [-0.4, -0.2) is 0 Å². The Hall–Kier alpha value is -2.75. The van der Waals surface area contributed by atoms with Gasteiger partial charge in [0.05, 0.1) is 10.4 Å². The van der Waals surface area contributed by atoms with Crippen molar-refractivity contribution < 1.29 is 9.15 Å². The number of ether oxygens (including phenoxy) is 1. The maximum atomic E-state index is 13.3. The highest BCUT2D eigenvalue weighted by molar-refractivity contribution is 6.38. The normalized spacial score (nSPS) is 11.0. The highest BCUT2D eigenvalue weighted by Gasteiger charge is 2.20. The predicted octanol–water partition coefficient (Wildman–Crippen LogP) is 6.96. The molecule has 4 aromatic rings. The Labute approximate surface area is 178 Å². The molecule has 0 saturated carbocycles. The summed E-state index contributed by atoms with van der Waals surface area (Å²) in [4.78, 5) is 13.3. The monoisotopic (exact) mass is 424 g/mol. The van der Waals surface area contributed by atoms with Crippen molar-refractivity contribution in [2.75, 3.05) is 0 Å². The SMILES string of the molecule is Cc1ccc(-c2oc3c(Cl)cc(Cl)cc3c(=O)c2OCc2ccccc2C)cc1. The first kappa shape index (κ1) is 19.6. The summed E-state index contributed by atoms with van der Waals surface area (Å²) in [5, 5.41) is 0.935. The second kappa shape index (κ2) is 7.94. The number of halogens is 2. The Balaban J connectivity index is 1.91. The standard InChI is InChI=1S/C24H18Cl2O3/c1-14-7-9-16(10-8-14)22-24(28-13-17-6-4-3-5-15(17)2)21(27)19-11-18(25)12-20(26)23(19)29-22/h3-12H,13H2,1-2H3. The Morgan fingerprint density at radius 1 is 0.966 bits per heavy atom. The molecule has 146 valence electrons. The van der Waals surface area contributed by atoms with Gasteiger partial charge < -0.3 is 9.15 Å². The quantitative estimate of drug-likeness (QED) is 0.355. The Kier molecular flexibility index (Phi) is 5.35. The fraction of sp³-hybridized carbons (Fsp3) is 0.125. The molecule has 29 heavy (non-hydrogen) atoms. The fourth-order valence-corrected chi connectivity index (χ4v) is 3.69. The zero-order valence-electron chi connectivity index (χ0n) is 16.0. The number of fused-ring (bicyclic) bond motifs is 1. The molecule has 0 amide bonds. The molecule has 0 aliphatic rings. The van der Waals surface area contributed by atoms with E-state index in [-0.39, 0.29) is 28.2 Å². The number of aryl methyl sites for hydroxylation is 2. The number of benzene rings is 3. The minimum atomic E-state index is -0.306. The lowest BCUT2D eigenvalue weighted by atomic mass is 10.1. The van der Waals surface area contributed by atoms with Crippen LogP contribution in [0.5, 0.6) is 5.75 Å². The fourth-order valence-electron chi connectivity index (χ4n) is 3.15. The van der Waals surface area contributed by atoms with E-state index in [0.717, 1.165) is 22.3 Å². The van der Waals surface area contributed by atoms with E-state index in [0.29, 0.717) is 16.4 Å². The van der Waals surface area contributed by atoms with Crippen LogP contribution in [0.3, 0.4) is 0 Å². The van der Waals surface area contributed by atoms with Gasteiger partial charge in [0.1, 0.15) is 6.61 Å². The molecule has 5 heteroatoms. The van der Waals surface area contributed by atoms with Gasteiger partial charge >= 0.3 is 0 Å². The average Bonchev–Trinajstić information content (AvgIpc) is 2.69. The first-order valence-corrected chi connectivity index (χ1v) is 9.90. The van der Waals surface area contributed by atoms with Gasteiger partial charge in [0, 0.05) is 10.6 Å².